The number of hydrogen-bond acceptors (Lipinski definition) is 2. The molecule has 4 rings (SSSR count). The van der Waals surface area contributed by atoms with Crippen LogP contribution in [0.2, 0.25) is 0 Å². The van der Waals surface area contributed by atoms with Crippen molar-refractivity contribution in [2.45, 2.75) is 90.1 Å². The molecule has 0 heterocycles. The lowest BCUT2D eigenvalue weighted by molar-refractivity contribution is -0.171. The maximum absolute atomic E-state index is 12.9. The third-order valence-electron chi connectivity index (χ3n) is 7.59. The summed E-state index contributed by atoms with van der Waals surface area (Å²) in [6.07, 6.45) is 12.9. The molecule has 0 aromatic rings. The molecular weight excluding hydrogens is 248 g/mol. The van der Waals surface area contributed by atoms with Gasteiger partial charge in [-0.15, -0.1) is 0 Å². The molecule has 0 amide bonds. The summed E-state index contributed by atoms with van der Waals surface area (Å²) >= 11 is 0. The summed E-state index contributed by atoms with van der Waals surface area (Å²) in [4.78, 5) is 12.9. The fraction of sp³-hybridized carbons (Fsp3) is 0.944. The van der Waals surface area contributed by atoms with Gasteiger partial charge in [-0.2, -0.15) is 0 Å². The molecule has 0 radical (unpaired) electrons. The minimum atomic E-state index is -0.0937. The molecule has 0 aliphatic heterocycles. The van der Waals surface area contributed by atoms with Crippen LogP contribution in [0.1, 0.15) is 84.5 Å². The lowest BCUT2D eigenvalue weighted by Crippen LogP contribution is -2.37. The van der Waals surface area contributed by atoms with Crippen molar-refractivity contribution in [1.82, 2.24) is 0 Å². The van der Waals surface area contributed by atoms with Crippen molar-refractivity contribution >= 4 is 5.97 Å². The van der Waals surface area contributed by atoms with Crippen molar-refractivity contribution in [3.05, 3.63) is 0 Å². The molecule has 2 nitrogen and oxygen atoms in total. The monoisotopic (exact) mass is 276 g/mol. The Morgan fingerprint density at radius 2 is 1.60 bits per heavy atom. The number of carbonyl (C=O) groups excluding carboxylic acids is 1. The Morgan fingerprint density at radius 1 is 0.950 bits per heavy atom. The summed E-state index contributed by atoms with van der Waals surface area (Å²) in [5.74, 6) is 0.174. The smallest absolute Gasteiger partial charge is 0.312 e. The average Bonchev–Trinajstić information content (AvgIpc) is 3.15. The highest BCUT2D eigenvalue weighted by Gasteiger charge is 2.60. The second-order valence-corrected chi connectivity index (χ2v) is 8.87. The zero-order valence-electron chi connectivity index (χ0n) is 13.1. The Hall–Kier alpha value is -0.530. The largest absolute Gasteiger partial charge is 0.459 e. The van der Waals surface area contributed by atoms with E-state index in [2.05, 4.69) is 13.8 Å². The summed E-state index contributed by atoms with van der Waals surface area (Å²) in [5, 5.41) is 0. The summed E-state index contributed by atoms with van der Waals surface area (Å²) in [7, 11) is 0. The summed E-state index contributed by atoms with van der Waals surface area (Å²) < 4.78 is 6.23. The molecule has 0 N–H and O–H groups in total. The number of esters is 1. The van der Waals surface area contributed by atoms with E-state index in [9.17, 15) is 4.79 Å². The minimum absolute atomic E-state index is 0.0660. The zero-order chi connectivity index (χ0) is 14.1. The lowest BCUT2D eigenvalue weighted by Gasteiger charge is -2.32. The quantitative estimate of drug-likeness (QED) is 0.703. The number of fused-ring (bicyclic) bond motifs is 4. The average molecular weight is 276 g/mol. The first kappa shape index (κ1) is 13.2. The predicted octanol–water partition coefficient (Wildman–Crippen LogP) is 4.61. The van der Waals surface area contributed by atoms with Gasteiger partial charge in [0.15, 0.2) is 0 Å². The summed E-state index contributed by atoms with van der Waals surface area (Å²) in [6, 6.07) is 0. The van der Waals surface area contributed by atoms with Gasteiger partial charge in [-0.3, -0.25) is 4.79 Å². The van der Waals surface area contributed by atoms with Crippen molar-refractivity contribution < 1.29 is 9.53 Å². The molecule has 4 saturated carbocycles. The van der Waals surface area contributed by atoms with E-state index in [1.54, 1.807) is 0 Å². The van der Waals surface area contributed by atoms with Crippen molar-refractivity contribution in [2.24, 2.45) is 16.2 Å². The molecule has 4 bridgehead atoms. The minimum Gasteiger partial charge on any atom is -0.459 e. The Morgan fingerprint density at radius 3 is 2.05 bits per heavy atom. The number of hydrogen-bond donors (Lipinski definition) is 0. The van der Waals surface area contributed by atoms with Crippen LogP contribution in [0.15, 0.2) is 0 Å². The Labute approximate surface area is 122 Å². The van der Waals surface area contributed by atoms with Gasteiger partial charge in [-0.05, 0) is 75.0 Å². The third-order valence-corrected chi connectivity index (χ3v) is 7.59. The molecule has 0 saturated heterocycles. The Balaban J connectivity index is 1.50. The standard InChI is InChI=1S/C18H28O2/c1-3-16-6-10-18(13-16,11-7-16)20-14(19)17-8-4-15(2,12-17)5-9-17/h3-13H2,1-2H3. The highest BCUT2D eigenvalue weighted by molar-refractivity contribution is 5.78. The molecule has 0 spiro atoms. The molecule has 112 valence electrons. The molecular formula is C18H28O2. The lowest BCUT2D eigenvalue weighted by atomic mass is 9.82. The van der Waals surface area contributed by atoms with E-state index in [1.807, 2.05) is 0 Å². The van der Waals surface area contributed by atoms with Gasteiger partial charge in [0.1, 0.15) is 5.60 Å². The van der Waals surface area contributed by atoms with E-state index in [0.717, 1.165) is 38.5 Å². The van der Waals surface area contributed by atoms with Crippen LogP contribution in [-0.2, 0) is 9.53 Å². The summed E-state index contributed by atoms with van der Waals surface area (Å²) in [5.41, 5.74) is 0.792. The first-order valence-corrected chi connectivity index (χ1v) is 8.67. The van der Waals surface area contributed by atoms with Crippen LogP contribution in [0.25, 0.3) is 0 Å². The predicted molar refractivity (Wildman–Crippen MR) is 78.3 cm³/mol. The second-order valence-electron chi connectivity index (χ2n) is 8.87. The van der Waals surface area contributed by atoms with Crippen molar-refractivity contribution in [2.75, 3.05) is 0 Å². The molecule has 2 heteroatoms. The third kappa shape index (κ3) is 1.66. The topological polar surface area (TPSA) is 26.3 Å². The molecule has 20 heavy (non-hydrogen) atoms. The summed E-state index contributed by atoms with van der Waals surface area (Å²) in [6.45, 7) is 4.67. The van der Waals surface area contributed by atoms with Crippen LogP contribution in [0.4, 0.5) is 0 Å². The molecule has 4 aliphatic rings. The number of carbonyl (C=O) groups is 1. The van der Waals surface area contributed by atoms with Gasteiger partial charge < -0.3 is 4.74 Å². The van der Waals surface area contributed by atoms with Crippen molar-refractivity contribution in [3.63, 3.8) is 0 Å². The van der Waals surface area contributed by atoms with E-state index in [-0.39, 0.29) is 17.0 Å². The van der Waals surface area contributed by atoms with Crippen molar-refractivity contribution in [1.29, 1.82) is 0 Å². The van der Waals surface area contributed by atoms with E-state index < -0.39 is 0 Å². The molecule has 0 atom stereocenters. The first-order chi connectivity index (χ1) is 9.43. The van der Waals surface area contributed by atoms with Gasteiger partial charge in [-0.25, -0.2) is 0 Å². The SMILES string of the molecule is CCC12CCC(OC(=O)C34CCC(C)(CC3)C4)(CC1)C2. The first-order valence-electron chi connectivity index (χ1n) is 8.67. The molecule has 0 aromatic carbocycles. The fourth-order valence-electron chi connectivity index (χ4n) is 5.97. The van der Waals surface area contributed by atoms with Crippen LogP contribution in [0, 0.1) is 16.2 Å². The van der Waals surface area contributed by atoms with Crippen molar-refractivity contribution in [3.8, 4) is 0 Å². The van der Waals surface area contributed by atoms with Gasteiger partial charge in [0, 0.05) is 0 Å². The Bertz CT molecular complexity index is 434. The van der Waals surface area contributed by atoms with E-state index in [1.165, 1.54) is 32.1 Å². The van der Waals surface area contributed by atoms with Gasteiger partial charge in [0.25, 0.3) is 0 Å². The fourth-order valence-corrected chi connectivity index (χ4v) is 5.97. The molecule has 0 aromatic heterocycles. The van der Waals surface area contributed by atoms with Gasteiger partial charge in [-0.1, -0.05) is 20.3 Å². The molecule has 4 aliphatic carbocycles. The second kappa shape index (κ2) is 3.81. The van der Waals surface area contributed by atoms with Crippen LogP contribution in [-0.4, -0.2) is 11.6 Å². The number of rotatable bonds is 3. The van der Waals surface area contributed by atoms with Gasteiger partial charge in [0.2, 0.25) is 0 Å². The van der Waals surface area contributed by atoms with Crippen LogP contribution >= 0.6 is 0 Å². The maximum atomic E-state index is 12.9. The van der Waals surface area contributed by atoms with E-state index in [4.69, 9.17) is 4.74 Å². The van der Waals surface area contributed by atoms with E-state index in [0.29, 0.717) is 10.8 Å². The van der Waals surface area contributed by atoms with E-state index >= 15 is 0 Å². The normalized spacial score (nSPS) is 52.7. The maximum Gasteiger partial charge on any atom is 0.312 e. The zero-order valence-corrected chi connectivity index (χ0v) is 13.1. The highest BCUT2D eigenvalue weighted by Crippen LogP contribution is 2.64. The Kier molecular flexibility index (Phi) is 2.51. The van der Waals surface area contributed by atoms with Gasteiger partial charge in [0.05, 0.1) is 5.41 Å². The van der Waals surface area contributed by atoms with Crippen LogP contribution in [0.3, 0.4) is 0 Å². The van der Waals surface area contributed by atoms with Crippen LogP contribution in [0.5, 0.6) is 0 Å². The molecule has 4 fully saturated rings. The number of ether oxygens (including phenoxy) is 1. The highest BCUT2D eigenvalue weighted by atomic mass is 16.6. The van der Waals surface area contributed by atoms with Gasteiger partial charge >= 0.3 is 5.97 Å². The molecule has 0 unspecified atom stereocenters. The van der Waals surface area contributed by atoms with Crippen LogP contribution < -0.4 is 0 Å².